The lowest BCUT2D eigenvalue weighted by Crippen LogP contribution is -2.53. The lowest BCUT2D eigenvalue weighted by molar-refractivity contribution is -0.140. The third-order valence-corrected chi connectivity index (χ3v) is 9.57. The van der Waals surface area contributed by atoms with Gasteiger partial charge in [-0.25, -0.2) is 8.42 Å². The number of aryl methyl sites for hydroxylation is 2. The Bertz CT molecular complexity index is 1450. The van der Waals surface area contributed by atoms with Crippen LogP contribution in [0.1, 0.15) is 55.7 Å². The molecule has 1 aliphatic rings. The Kier molecular flexibility index (Phi) is 10.1. The molecule has 9 heteroatoms. The Balaban J connectivity index is 1.71. The van der Waals surface area contributed by atoms with Crippen molar-refractivity contribution >= 4 is 39.1 Å². The van der Waals surface area contributed by atoms with Crippen molar-refractivity contribution < 1.29 is 18.0 Å². The summed E-state index contributed by atoms with van der Waals surface area (Å²) < 4.78 is 29.0. The van der Waals surface area contributed by atoms with E-state index in [0.29, 0.717) is 11.4 Å². The first-order valence-corrected chi connectivity index (χ1v) is 15.9. The number of hydrogen-bond acceptors (Lipinski definition) is 4. The Hall–Kier alpha value is -3.36. The van der Waals surface area contributed by atoms with Gasteiger partial charge in [-0.3, -0.25) is 13.9 Å². The number of nitrogens with zero attached hydrogens (tertiary/aromatic N) is 2. The van der Waals surface area contributed by atoms with Crippen LogP contribution in [0.4, 0.5) is 5.69 Å². The minimum Gasteiger partial charge on any atom is -0.352 e. The maximum Gasteiger partial charge on any atom is 0.264 e. The molecule has 0 spiro atoms. The monoisotopic (exact) mass is 595 g/mol. The first-order chi connectivity index (χ1) is 19.6. The van der Waals surface area contributed by atoms with Gasteiger partial charge >= 0.3 is 0 Å². The summed E-state index contributed by atoms with van der Waals surface area (Å²) in [5, 5.41) is 3.48. The molecule has 41 heavy (non-hydrogen) atoms. The van der Waals surface area contributed by atoms with Crippen LogP contribution in [0, 0.1) is 13.8 Å². The van der Waals surface area contributed by atoms with Crippen molar-refractivity contribution in [3.05, 3.63) is 94.5 Å². The molecule has 4 rings (SSSR count). The predicted molar refractivity (Wildman–Crippen MR) is 163 cm³/mol. The summed E-state index contributed by atoms with van der Waals surface area (Å²) in [6, 6.07) is 20.0. The van der Waals surface area contributed by atoms with Gasteiger partial charge in [-0.1, -0.05) is 85.0 Å². The molecule has 1 aliphatic carbocycles. The largest absolute Gasteiger partial charge is 0.352 e. The number of anilines is 1. The van der Waals surface area contributed by atoms with E-state index < -0.39 is 28.5 Å². The van der Waals surface area contributed by atoms with Crippen molar-refractivity contribution in [3.63, 3.8) is 0 Å². The second kappa shape index (κ2) is 13.5. The third-order valence-electron chi connectivity index (χ3n) is 7.55. The number of carbonyl (C=O) groups is 2. The summed E-state index contributed by atoms with van der Waals surface area (Å²) in [6.07, 6.45) is 4.37. The fraction of sp³-hybridized carbons (Fsp3) is 0.375. The van der Waals surface area contributed by atoms with Gasteiger partial charge in [-0.2, -0.15) is 0 Å². The number of sulfonamides is 1. The highest BCUT2D eigenvalue weighted by atomic mass is 35.5. The molecule has 7 nitrogen and oxygen atoms in total. The zero-order valence-corrected chi connectivity index (χ0v) is 25.4. The van der Waals surface area contributed by atoms with Gasteiger partial charge < -0.3 is 10.2 Å². The van der Waals surface area contributed by atoms with E-state index in [1.54, 1.807) is 30.3 Å². The molecule has 0 unspecified atom stereocenters. The average Bonchev–Trinajstić information content (AvgIpc) is 3.45. The van der Waals surface area contributed by atoms with Gasteiger partial charge in [0.1, 0.15) is 12.6 Å². The molecule has 3 aromatic rings. The molecule has 218 valence electrons. The van der Waals surface area contributed by atoms with E-state index >= 15 is 0 Å². The number of nitrogens with one attached hydrogen (secondary N) is 1. The molecule has 1 atom stereocenters. The van der Waals surface area contributed by atoms with Crippen molar-refractivity contribution in [1.82, 2.24) is 10.2 Å². The fourth-order valence-electron chi connectivity index (χ4n) is 5.17. The molecule has 0 aromatic heterocycles. The predicted octanol–water partition coefficient (Wildman–Crippen LogP) is 6.02. The van der Waals surface area contributed by atoms with Crippen LogP contribution in [0.2, 0.25) is 5.02 Å². The quantitative estimate of drug-likeness (QED) is 0.294. The van der Waals surface area contributed by atoms with Crippen LogP contribution < -0.4 is 9.62 Å². The van der Waals surface area contributed by atoms with Gasteiger partial charge in [0.15, 0.2) is 0 Å². The second-order valence-electron chi connectivity index (χ2n) is 10.7. The summed E-state index contributed by atoms with van der Waals surface area (Å²) in [5.41, 5.74) is 3.11. The first kappa shape index (κ1) is 30.6. The number of hydrogen-bond donors (Lipinski definition) is 1. The molecule has 2 amide bonds. The van der Waals surface area contributed by atoms with Crippen molar-refractivity contribution in [2.24, 2.45) is 0 Å². The van der Waals surface area contributed by atoms with Gasteiger partial charge in [-0.15, -0.1) is 0 Å². The highest BCUT2D eigenvalue weighted by molar-refractivity contribution is 7.92. The molecule has 0 radical (unpaired) electrons. The highest BCUT2D eigenvalue weighted by Crippen LogP contribution is 2.27. The zero-order valence-electron chi connectivity index (χ0n) is 23.8. The van der Waals surface area contributed by atoms with Crippen molar-refractivity contribution in [2.75, 3.05) is 10.8 Å². The average molecular weight is 596 g/mol. The molecule has 1 N–H and O–H groups in total. The van der Waals surface area contributed by atoms with Crippen LogP contribution in [0.5, 0.6) is 0 Å². The first-order valence-electron chi connectivity index (χ1n) is 14.1. The minimum atomic E-state index is -4.14. The zero-order chi connectivity index (χ0) is 29.6. The van der Waals surface area contributed by atoms with Crippen molar-refractivity contribution in [3.8, 4) is 0 Å². The molecule has 1 saturated carbocycles. The summed E-state index contributed by atoms with van der Waals surface area (Å²) in [5.74, 6) is -0.690. The van der Waals surface area contributed by atoms with Crippen molar-refractivity contribution in [1.29, 1.82) is 0 Å². The molecule has 0 bridgehead atoms. The number of rotatable bonds is 11. The lowest BCUT2D eigenvalue weighted by atomic mass is 10.1. The van der Waals surface area contributed by atoms with E-state index in [-0.39, 0.29) is 29.1 Å². The van der Waals surface area contributed by atoms with Crippen LogP contribution in [0.3, 0.4) is 0 Å². The van der Waals surface area contributed by atoms with E-state index in [4.69, 9.17) is 11.6 Å². The number of benzene rings is 3. The van der Waals surface area contributed by atoms with E-state index in [9.17, 15) is 18.0 Å². The molecular formula is C32H38ClN3O4S. The molecule has 0 saturated heterocycles. The van der Waals surface area contributed by atoms with Gasteiger partial charge in [0, 0.05) is 17.6 Å². The molecule has 0 aliphatic heterocycles. The minimum absolute atomic E-state index is 0.0620. The van der Waals surface area contributed by atoms with Crippen LogP contribution in [-0.2, 0) is 26.2 Å². The Morgan fingerprint density at radius 2 is 1.56 bits per heavy atom. The van der Waals surface area contributed by atoms with E-state index in [2.05, 4.69) is 5.32 Å². The summed E-state index contributed by atoms with van der Waals surface area (Å²) in [7, 11) is -4.14. The van der Waals surface area contributed by atoms with Gasteiger partial charge in [0.05, 0.1) is 10.6 Å². The smallest absolute Gasteiger partial charge is 0.264 e. The maximum atomic E-state index is 14.2. The van der Waals surface area contributed by atoms with Crippen molar-refractivity contribution in [2.45, 2.75) is 76.4 Å². The highest BCUT2D eigenvalue weighted by Gasteiger charge is 2.34. The van der Waals surface area contributed by atoms with Crippen LogP contribution >= 0.6 is 11.6 Å². The maximum absolute atomic E-state index is 14.2. The van der Waals surface area contributed by atoms with Gasteiger partial charge in [0.25, 0.3) is 10.0 Å². The molecule has 3 aromatic carbocycles. The van der Waals surface area contributed by atoms with Crippen LogP contribution in [0.15, 0.2) is 77.7 Å². The Morgan fingerprint density at radius 1 is 0.951 bits per heavy atom. The summed E-state index contributed by atoms with van der Waals surface area (Å²) in [6.45, 7) is 5.40. The number of amides is 2. The standard InChI is InChI=1S/C32H38ClN3O4S/c1-4-30(32(38)34-27-9-5-6-10-27)35(21-25-16-12-23(2)13-17-25)31(37)22-36(28-11-7-8-26(33)20-28)41(39,40)29-18-14-24(3)15-19-29/h7-8,11-20,27,30H,4-6,9-10,21-22H2,1-3H3,(H,34,38)/t30-/m1/s1. The lowest BCUT2D eigenvalue weighted by Gasteiger charge is -2.34. The van der Waals surface area contributed by atoms with E-state index in [0.717, 1.165) is 46.7 Å². The molecule has 0 heterocycles. The van der Waals surface area contributed by atoms with E-state index in [1.807, 2.05) is 45.0 Å². The third kappa shape index (κ3) is 7.68. The second-order valence-corrected chi connectivity index (χ2v) is 13.0. The SMILES string of the molecule is CC[C@H](C(=O)NC1CCCC1)N(Cc1ccc(C)cc1)C(=O)CN(c1cccc(Cl)c1)S(=O)(=O)c1ccc(C)cc1. The fourth-order valence-corrected chi connectivity index (χ4v) is 6.77. The normalized spacial score (nSPS) is 14.4. The van der Waals surface area contributed by atoms with E-state index in [1.165, 1.54) is 23.1 Å². The molecule has 1 fully saturated rings. The Morgan fingerprint density at radius 3 is 2.15 bits per heavy atom. The number of carbonyl (C=O) groups excluding carboxylic acids is 2. The Labute approximate surface area is 248 Å². The molecular weight excluding hydrogens is 558 g/mol. The van der Waals surface area contributed by atoms with Gasteiger partial charge in [0.2, 0.25) is 11.8 Å². The van der Waals surface area contributed by atoms with Gasteiger partial charge in [-0.05, 0) is 69.0 Å². The van der Waals surface area contributed by atoms with Crippen LogP contribution in [0.25, 0.3) is 0 Å². The number of halogens is 1. The summed E-state index contributed by atoms with van der Waals surface area (Å²) >= 11 is 6.25. The topological polar surface area (TPSA) is 86.8 Å². The summed E-state index contributed by atoms with van der Waals surface area (Å²) in [4.78, 5) is 29.3. The van der Waals surface area contributed by atoms with Crippen LogP contribution in [-0.4, -0.2) is 43.8 Å².